The third-order valence-corrected chi connectivity index (χ3v) is 3.98. The van der Waals surface area contributed by atoms with Crippen LogP contribution < -0.4 is 11.1 Å². The second kappa shape index (κ2) is 6.99. The van der Waals surface area contributed by atoms with Crippen molar-refractivity contribution in [1.29, 1.82) is 0 Å². The van der Waals surface area contributed by atoms with Crippen LogP contribution in [0.25, 0.3) is 0 Å². The summed E-state index contributed by atoms with van der Waals surface area (Å²) in [6, 6.07) is 5.23. The first kappa shape index (κ1) is 15.2. The summed E-state index contributed by atoms with van der Waals surface area (Å²) in [5.74, 6) is -0.286. The number of benzene rings is 1. The minimum absolute atomic E-state index is 0.225. The van der Waals surface area contributed by atoms with Crippen LogP contribution in [0.1, 0.15) is 31.7 Å². The molecule has 1 aliphatic heterocycles. The molecule has 5 heteroatoms. The van der Waals surface area contributed by atoms with Crippen LogP contribution >= 0.6 is 12.2 Å². The van der Waals surface area contributed by atoms with Gasteiger partial charge < -0.3 is 16.0 Å². The smallest absolute Gasteiger partial charge is 0.146 e. The number of hydrogen-bond acceptors (Lipinski definition) is 3. The van der Waals surface area contributed by atoms with Crippen molar-refractivity contribution in [1.82, 2.24) is 4.90 Å². The first-order valence-corrected chi connectivity index (χ1v) is 7.59. The largest absolute Gasteiger partial charge is 0.389 e. The van der Waals surface area contributed by atoms with Crippen molar-refractivity contribution in [3.05, 3.63) is 29.6 Å². The number of likely N-dealkylation sites (tertiary alicyclic amines) is 1. The lowest BCUT2D eigenvalue weighted by atomic mass is 10.0. The van der Waals surface area contributed by atoms with Crippen LogP contribution in [0.5, 0.6) is 0 Å². The summed E-state index contributed by atoms with van der Waals surface area (Å²) in [4.78, 5) is 2.69. The number of nitrogens with zero attached hydrogens (tertiary/aromatic N) is 1. The molecule has 2 rings (SSSR count). The van der Waals surface area contributed by atoms with Gasteiger partial charge in [0.25, 0.3) is 0 Å². The summed E-state index contributed by atoms with van der Waals surface area (Å²) < 4.78 is 14.0. The summed E-state index contributed by atoms with van der Waals surface area (Å²) in [6.45, 7) is 5.52. The Labute approximate surface area is 125 Å². The van der Waals surface area contributed by atoms with Crippen molar-refractivity contribution in [3.8, 4) is 0 Å². The number of anilines is 1. The van der Waals surface area contributed by atoms with Gasteiger partial charge >= 0.3 is 0 Å². The molecule has 110 valence electrons. The van der Waals surface area contributed by atoms with E-state index in [9.17, 15) is 4.39 Å². The van der Waals surface area contributed by atoms with Crippen LogP contribution in [0.4, 0.5) is 10.1 Å². The monoisotopic (exact) mass is 295 g/mol. The lowest BCUT2D eigenvalue weighted by Gasteiger charge is -2.32. The van der Waals surface area contributed by atoms with Gasteiger partial charge in [0.1, 0.15) is 10.8 Å². The van der Waals surface area contributed by atoms with E-state index in [2.05, 4.69) is 17.1 Å². The maximum atomic E-state index is 14.0. The fourth-order valence-electron chi connectivity index (χ4n) is 2.62. The molecule has 1 saturated heterocycles. The van der Waals surface area contributed by atoms with Gasteiger partial charge in [0, 0.05) is 24.7 Å². The zero-order chi connectivity index (χ0) is 14.5. The molecule has 1 aromatic rings. The molecule has 0 radical (unpaired) electrons. The minimum atomic E-state index is -0.286. The maximum absolute atomic E-state index is 14.0. The van der Waals surface area contributed by atoms with Gasteiger partial charge in [-0.25, -0.2) is 4.39 Å². The van der Waals surface area contributed by atoms with Crippen molar-refractivity contribution in [2.75, 3.05) is 25.0 Å². The van der Waals surface area contributed by atoms with E-state index in [4.69, 9.17) is 18.0 Å². The van der Waals surface area contributed by atoms with Gasteiger partial charge in [-0.05, 0) is 44.0 Å². The Morgan fingerprint density at radius 3 is 2.70 bits per heavy atom. The fraction of sp³-hybridized carbons (Fsp3) is 0.533. The maximum Gasteiger partial charge on any atom is 0.146 e. The number of thiocarbonyl (C=S) groups is 1. The number of hydrogen-bond donors (Lipinski definition) is 2. The second-order valence-corrected chi connectivity index (χ2v) is 5.76. The molecule has 20 heavy (non-hydrogen) atoms. The molecule has 0 atom stereocenters. The first-order chi connectivity index (χ1) is 9.60. The van der Waals surface area contributed by atoms with Gasteiger partial charge in [0.15, 0.2) is 0 Å². The molecule has 0 spiro atoms. The average Bonchev–Trinajstić information content (AvgIpc) is 2.43. The van der Waals surface area contributed by atoms with Gasteiger partial charge in [-0.2, -0.15) is 0 Å². The Balaban J connectivity index is 1.93. The highest BCUT2D eigenvalue weighted by atomic mass is 32.1. The number of nitrogens with two attached hydrogens (primary N) is 1. The van der Waals surface area contributed by atoms with Gasteiger partial charge in [0.05, 0.1) is 5.69 Å². The number of piperidine rings is 1. The summed E-state index contributed by atoms with van der Waals surface area (Å²) in [7, 11) is 0. The van der Waals surface area contributed by atoms with Gasteiger partial charge in [-0.3, -0.25) is 0 Å². The molecule has 1 heterocycles. The number of nitrogens with one attached hydrogen (secondary N) is 1. The van der Waals surface area contributed by atoms with Crippen molar-refractivity contribution in [3.63, 3.8) is 0 Å². The van der Waals surface area contributed by atoms with Gasteiger partial charge in [0.2, 0.25) is 0 Å². The molecule has 1 fully saturated rings. The Morgan fingerprint density at radius 2 is 2.15 bits per heavy atom. The van der Waals surface area contributed by atoms with E-state index in [1.807, 2.05) is 0 Å². The molecule has 0 aromatic heterocycles. The topological polar surface area (TPSA) is 41.3 Å². The normalized spacial score (nSPS) is 17.1. The quantitative estimate of drug-likeness (QED) is 0.820. The SMILES string of the molecule is CCCN1CCC(Nc2ccc(C(N)=S)cc2F)CC1. The Bertz CT molecular complexity index is 470. The lowest BCUT2D eigenvalue weighted by Crippen LogP contribution is -2.39. The first-order valence-electron chi connectivity index (χ1n) is 7.18. The summed E-state index contributed by atoms with van der Waals surface area (Å²) in [5, 5.41) is 3.29. The van der Waals surface area contributed by atoms with Crippen molar-refractivity contribution in [2.45, 2.75) is 32.2 Å². The van der Waals surface area contributed by atoms with E-state index in [1.165, 1.54) is 12.5 Å². The van der Waals surface area contributed by atoms with E-state index in [-0.39, 0.29) is 10.8 Å². The molecule has 1 aromatic carbocycles. The Morgan fingerprint density at radius 1 is 1.45 bits per heavy atom. The zero-order valence-corrected chi connectivity index (χ0v) is 12.7. The van der Waals surface area contributed by atoms with E-state index >= 15 is 0 Å². The highest BCUT2D eigenvalue weighted by Crippen LogP contribution is 2.20. The zero-order valence-electron chi connectivity index (χ0n) is 11.9. The van der Waals surface area contributed by atoms with Crippen LogP contribution in [0.15, 0.2) is 18.2 Å². The summed E-state index contributed by atoms with van der Waals surface area (Å²) in [5.41, 5.74) is 6.61. The molecule has 3 N–H and O–H groups in total. The highest BCUT2D eigenvalue weighted by Gasteiger charge is 2.19. The van der Waals surface area contributed by atoms with Crippen LogP contribution in [0.3, 0.4) is 0 Å². The molecule has 0 saturated carbocycles. The second-order valence-electron chi connectivity index (χ2n) is 5.32. The Kier molecular flexibility index (Phi) is 5.31. The van der Waals surface area contributed by atoms with E-state index in [0.29, 0.717) is 17.3 Å². The van der Waals surface area contributed by atoms with Crippen LogP contribution in [-0.4, -0.2) is 35.6 Å². The summed E-state index contributed by atoms with van der Waals surface area (Å²) >= 11 is 4.85. The van der Waals surface area contributed by atoms with Gasteiger partial charge in [-0.15, -0.1) is 0 Å². The molecule has 3 nitrogen and oxygen atoms in total. The van der Waals surface area contributed by atoms with Crippen molar-refractivity contribution in [2.24, 2.45) is 5.73 Å². The van der Waals surface area contributed by atoms with Crippen LogP contribution in [0.2, 0.25) is 0 Å². The molecule has 1 aliphatic rings. The van der Waals surface area contributed by atoms with E-state index < -0.39 is 0 Å². The lowest BCUT2D eigenvalue weighted by molar-refractivity contribution is 0.219. The highest BCUT2D eigenvalue weighted by molar-refractivity contribution is 7.80. The van der Waals surface area contributed by atoms with Gasteiger partial charge in [-0.1, -0.05) is 19.1 Å². The molecule has 0 amide bonds. The summed E-state index contributed by atoms with van der Waals surface area (Å²) in [6.07, 6.45) is 3.29. The predicted octanol–water partition coefficient (Wildman–Crippen LogP) is 2.75. The average molecular weight is 295 g/mol. The van der Waals surface area contributed by atoms with Crippen LogP contribution in [0, 0.1) is 5.82 Å². The standard InChI is InChI=1S/C15H22FN3S/c1-2-7-19-8-5-12(6-9-19)18-14-4-3-11(15(17)20)10-13(14)16/h3-4,10,12,18H,2,5-9H2,1H3,(H2,17,20). The third-order valence-electron chi connectivity index (χ3n) is 3.74. The predicted molar refractivity (Wildman–Crippen MR) is 85.7 cm³/mol. The molecular weight excluding hydrogens is 273 g/mol. The van der Waals surface area contributed by atoms with Crippen molar-refractivity contribution >= 4 is 22.9 Å². The number of rotatable bonds is 5. The third kappa shape index (κ3) is 3.90. The molecule has 0 aliphatic carbocycles. The number of halogens is 1. The van der Waals surface area contributed by atoms with Crippen molar-refractivity contribution < 1.29 is 4.39 Å². The van der Waals surface area contributed by atoms with E-state index in [1.54, 1.807) is 12.1 Å². The molecular formula is C15H22FN3S. The molecule has 0 unspecified atom stereocenters. The minimum Gasteiger partial charge on any atom is -0.389 e. The van der Waals surface area contributed by atoms with Crippen LogP contribution in [-0.2, 0) is 0 Å². The Hall–Kier alpha value is -1.20. The van der Waals surface area contributed by atoms with E-state index in [0.717, 1.165) is 32.5 Å². The molecule has 0 bridgehead atoms. The fourth-order valence-corrected chi connectivity index (χ4v) is 2.75.